The third-order valence-corrected chi connectivity index (χ3v) is 2.96. The number of carbonyl (C=O) groups is 1. The van der Waals surface area contributed by atoms with Crippen LogP contribution in [0.2, 0.25) is 0 Å². The molecule has 3 nitrogen and oxygen atoms in total. The van der Waals surface area contributed by atoms with Gasteiger partial charge in [-0.05, 0) is 31.0 Å². The highest BCUT2D eigenvalue weighted by molar-refractivity contribution is 5.89. The minimum Gasteiger partial charge on any atom is -0.326 e. The standard InChI is InChI=1S/C13H18N2O/c1-10(16)15-13-8-3-2-6-11(13)12-7-4-5-9-14-12/h2-3,6,8,12,14H,4-5,7,9H2,1H3,(H,15,16)/t12-/m1/s1. The molecule has 0 unspecified atom stereocenters. The van der Waals surface area contributed by atoms with Gasteiger partial charge in [0.2, 0.25) is 5.91 Å². The minimum absolute atomic E-state index is 0.0109. The number of hydrogen-bond acceptors (Lipinski definition) is 2. The number of para-hydroxylation sites is 1. The summed E-state index contributed by atoms with van der Waals surface area (Å²) in [5.41, 5.74) is 2.15. The van der Waals surface area contributed by atoms with Crippen LogP contribution >= 0.6 is 0 Å². The molecule has 0 saturated carbocycles. The first-order valence-corrected chi connectivity index (χ1v) is 5.87. The fourth-order valence-electron chi connectivity index (χ4n) is 2.22. The molecule has 3 heteroatoms. The van der Waals surface area contributed by atoms with Crippen LogP contribution in [0.25, 0.3) is 0 Å². The zero-order valence-corrected chi connectivity index (χ0v) is 9.62. The summed E-state index contributed by atoms with van der Waals surface area (Å²) in [6, 6.07) is 8.42. The van der Waals surface area contributed by atoms with E-state index in [1.54, 1.807) is 6.92 Å². The Morgan fingerprint density at radius 1 is 1.38 bits per heavy atom. The molecule has 0 aromatic heterocycles. The van der Waals surface area contributed by atoms with Crippen molar-refractivity contribution in [3.8, 4) is 0 Å². The van der Waals surface area contributed by atoms with Crippen molar-refractivity contribution in [2.75, 3.05) is 11.9 Å². The third kappa shape index (κ3) is 2.61. The van der Waals surface area contributed by atoms with Gasteiger partial charge in [0.25, 0.3) is 0 Å². The lowest BCUT2D eigenvalue weighted by Gasteiger charge is -2.25. The second kappa shape index (κ2) is 5.12. The summed E-state index contributed by atoms with van der Waals surface area (Å²) in [5, 5.41) is 6.39. The van der Waals surface area contributed by atoms with Crippen LogP contribution in [0.3, 0.4) is 0 Å². The number of rotatable bonds is 2. The van der Waals surface area contributed by atoms with Gasteiger partial charge in [-0.15, -0.1) is 0 Å². The summed E-state index contributed by atoms with van der Waals surface area (Å²) in [4.78, 5) is 11.1. The van der Waals surface area contributed by atoms with Crippen LogP contribution in [0.5, 0.6) is 0 Å². The average molecular weight is 218 g/mol. The SMILES string of the molecule is CC(=O)Nc1ccccc1[C@H]1CCCCN1. The average Bonchev–Trinajstić information content (AvgIpc) is 2.30. The fourth-order valence-corrected chi connectivity index (χ4v) is 2.22. The van der Waals surface area contributed by atoms with E-state index >= 15 is 0 Å². The second-order valence-electron chi connectivity index (χ2n) is 4.27. The Morgan fingerprint density at radius 2 is 2.19 bits per heavy atom. The lowest BCUT2D eigenvalue weighted by Crippen LogP contribution is -2.27. The van der Waals surface area contributed by atoms with Crippen molar-refractivity contribution in [1.29, 1.82) is 0 Å². The van der Waals surface area contributed by atoms with Crippen LogP contribution < -0.4 is 10.6 Å². The first kappa shape index (κ1) is 11.1. The number of carbonyl (C=O) groups excluding carboxylic acids is 1. The molecule has 1 aliphatic rings. The maximum atomic E-state index is 11.1. The van der Waals surface area contributed by atoms with E-state index in [2.05, 4.69) is 16.7 Å². The second-order valence-corrected chi connectivity index (χ2v) is 4.27. The number of anilines is 1. The summed E-state index contributed by atoms with van der Waals surface area (Å²) in [6.45, 7) is 2.62. The maximum Gasteiger partial charge on any atom is 0.221 e. The monoisotopic (exact) mass is 218 g/mol. The van der Waals surface area contributed by atoms with Gasteiger partial charge in [0.15, 0.2) is 0 Å². The van der Waals surface area contributed by atoms with Gasteiger partial charge in [0, 0.05) is 18.7 Å². The Morgan fingerprint density at radius 3 is 2.88 bits per heavy atom. The molecule has 0 aliphatic carbocycles. The lowest BCUT2D eigenvalue weighted by molar-refractivity contribution is -0.114. The van der Waals surface area contributed by atoms with Crippen LogP contribution in [0.1, 0.15) is 37.8 Å². The molecule has 2 rings (SSSR count). The van der Waals surface area contributed by atoms with Crippen molar-refractivity contribution < 1.29 is 4.79 Å². The van der Waals surface area contributed by atoms with E-state index in [9.17, 15) is 4.79 Å². The molecule has 0 bridgehead atoms. The molecule has 1 heterocycles. The number of piperidine rings is 1. The largest absolute Gasteiger partial charge is 0.326 e. The molecule has 16 heavy (non-hydrogen) atoms. The van der Waals surface area contributed by atoms with E-state index in [0.717, 1.165) is 18.7 Å². The van der Waals surface area contributed by atoms with Crippen LogP contribution in [0, 0.1) is 0 Å². The predicted molar refractivity (Wildman–Crippen MR) is 65.3 cm³/mol. The summed E-state index contributed by atoms with van der Waals surface area (Å²) >= 11 is 0. The minimum atomic E-state index is -0.0109. The zero-order chi connectivity index (χ0) is 11.4. The van der Waals surface area contributed by atoms with Crippen LogP contribution in [-0.4, -0.2) is 12.5 Å². The van der Waals surface area contributed by atoms with Crippen molar-refractivity contribution in [3.05, 3.63) is 29.8 Å². The predicted octanol–water partition coefficient (Wildman–Crippen LogP) is 2.46. The molecule has 1 fully saturated rings. The molecule has 2 N–H and O–H groups in total. The highest BCUT2D eigenvalue weighted by atomic mass is 16.1. The van der Waals surface area contributed by atoms with Crippen LogP contribution in [0.15, 0.2) is 24.3 Å². The Hall–Kier alpha value is -1.35. The summed E-state index contributed by atoms with van der Waals surface area (Å²) in [6.07, 6.45) is 3.65. The lowest BCUT2D eigenvalue weighted by atomic mass is 9.96. The quantitative estimate of drug-likeness (QED) is 0.800. The number of hydrogen-bond donors (Lipinski definition) is 2. The normalized spacial score (nSPS) is 20.4. The maximum absolute atomic E-state index is 11.1. The van der Waals surface area contributed by atoms with Crippen molar-refractivity contribution in [1.82, 2.24) is 5.32 Å². The van der Waals surface area contributed by atoms with Gasteiger partial charge < -0.3 is 10.6 Å². The van der Waals surface area contributed by atoms with E-state index < -0.39 is 0 Å². The molecule has 1 saturated heterocycles. The van der Waals surface area contributed by atoms with Gasteiger partial charge in [-0.3, -0.25) is 4.79 Å². The number of benzene rings is 1. The Bertz CT molecular complexity index is 370. The van der Waals surface area contributed by atoms with Crippen molar-refractivity contribution in [2.45, 2.75) is 32.2 Å². The molecular weight excluding hydrogens is 200 g/mol. The van der Waals surface area contributed by atoms with Crippen LogP contribution in [0.4, 0.5) is 5.69 Å². The summed E-state index contributed by atoms with van der Waals surface area (Å²) in [5.74, 6) is -0.0109. The molecule has 0 radical (unpaired) electrons. The molecule has 1 atom stereocenters. The van der Waals surface area contributed by atoms with Gasteiger partial charge in [0.1, 0.15) is 0 Å². The Labute approximate surface area is 96.2 Å². The van der Waals surface area contributed by atoms with Crippen molar-refractivity contribution >= 4 is 11.6 Å². The Balaban J connectivity index is 2.20. The molecule has 1 aliphatic heterocycles. The smallest absolute Gasteiger partial charge is 0.221 e. The van der Waals surface area contributed by atoms with Gasteiger partial charge in [0.05, 0.1) is 0 Å². The summed E-state index contributed by atoms with van der Waals surface area (Å²) < 4.78 is 0. The Kier molecular flexibility index (Phi) is 3.57. The van der Waals surface area contributed by atoms with E-state index in [-0.39, 0.29) is 5.91 Å². The number of nitrogens with one attached hydrogen (secondary N) is 2. The first-order chi connectivity index (χ1) is 7.77. The van der Waals surface area contributed by atoms with Crippen LogP contribution in [-0.2, 0) is 4.79 Å². The molecule has 86 valence electrons. The molecule has 1 aromatic rings. The molecular formula is C13H18N2O. The fraction of sp³-hybridized carbons (Fsp3) is 0.462. The molecule has 0 spiro atoms. The van der Waals surface area contributed by atoms with Gasteiger partial charge in [-0.1, -0.05) is 24.6 Å². The van der Waals surface area contributed by atoms with Gasteiger partial charge in [-0.25, -0.2) is 0 Å². The highest BCUT2D eigenvalue weighted by Crippen LogP contribution is 2.28. The van der Waals surface area contributed by atoms with Gasteiger partial charge >= 0.3 is 0 Å². The number of amides is 1. The first-order valence-electron chi connectivity index (χ1n) is 5.87. The van der Waals surface area contributed by atoms with Gasteiger partial charge in [-0.2, -0.15) is 0 Å². The van der Waals surface area contributed by atoms with E-state index in [1.165, 1.54) is 18.4 Å². The molecule has 1 amide bonds. The third-order valence-electron chi connectivity index (χ3n) is 2.96. The highest BCUT2D eigenvalue weighted by Gasteiger charge is 2.17. The zero-order valence-electron chi connectivity index (χ0n) is 9.62. The van der Waals surface area contributed by atoms with E-state index in [1.807, 2.05) is 18.2 Å². The topological polar surface area (TPSA) is 41.1 Å². The van der Waals surface area contributed by atoms with Crippen molar-refractivity contribution in [2.24, 2.45) is 0 Å². The summed E-state index contributed by atoms with van der Waals surface area (Å²) in [7, 11) is 0. The van der Waals surface area contributed by atoms with E-state index in [4.69, 9.17) is 0 Å². The molecule has 1 aromatic carbocycles. The van der Waals surface area contributed by atoms with E-state index in [0.29, 0.717) is 6.04 Å². The van der Waals surface area contributed by atoms with Crippen molar-refractivity contribution in [3.63, 3.8) is 0 Å².